The highest BCUT2D eigenvalue weighted by molar-refractivity contribution is 5.10. The number of rotatable bonds is 6. The van der Waals surface area contributed by atoms with Gasteiger partial charge in [-0.1, -0.05) is 13.0 Å². The summed E-state index contributed by atoms with van der Waals surface area (Å²) < 4.78 is 0. The van der Waals surface area contributed by atoms with Gasteiger partial charge in [-0.2, -0.15) is 0 Å². The lowest BCUT2D eigenvalue weighted by atomic mass is 10.1. The highest BCUT2D eigenvalue weighted by Gasteiger charge is 2.14. The van der Waals surface area contributed by atoms with Crippen molar-refractivity contribution in [1.82, 2.24) is 20.3 Å². The van der Waals surface area contributed by atoms with Crippen LogP contribution in [-0.4, -0.2) is 21.5 Å². The van der Waals surface area contributed by atoms with E-state index in [4.69, 9.17) is 0 Å². The van der Waals surface area contributed by atoms with Gasteiger partial charge in [0.1, 0.15) is 5.82 Å². The standard InChI is InChI=1S/C15H20N4/c1-3-7-17-14(9-13-6-4-5-8-16-13)15-18-10-12(2)11-19-15/h4-6,8,10-11,14,17H,3,7,9H2,1-2H3. The summed E-state index contributed by atoms with van der Waals surface area (Å²) in [6.07, 6.45) is 7.44. The molecule has 2 aromatic rings. The van der Waals surface area contributed by atoms with E-state index in [1.807, 2.05) is 43.7 Å². The van der Waals surface area contributed by atoms with E-state index in [0.717, 1.165) is 36.5 Å². The Hall–Kier alpha value is -1.81. The number of aryl methyl sites for hydroxylation is 1. The minimum absolute atomic E-state index is 0.121. The number of nitrogens with zero attached hydrogens (tertiary/aromatic N) is 3. The molecule has 4 heteroatoms. The first-order chi connectivity index (χ1) is 9.29. The van der Waals surface area contributed by atoms with Gasteiger partial charge in [0.05, 0.1) is 6.04 Å². The molecule has 0 saturated heterocycles. The van der Waals surface area contributed by atoms with E-state index in [0.29, 0.717) is 0 Å². The molecule has 1 unspecified atom stereocenters. The van der Waals surface area contributed by atoms with Crippen LogP contribution in [0, 0.1) is 6.92 Å². The second kappa shape index (κ2) is 6.95. The van der Waals surface area contributed by atoms with E-state index in [9.17, 15) is 0 Å². The molecular weight excluding hydrogens is 236 g/mol. The van der Waals surface area contributed by atoms with Gasteiger partial charge >= 0.3 is 0 Å². The van der Waals surface area contributed by atoms with Crippen LogP contribution >= 0.6 is 0 Å². The molecule has 0 saturated carbocycles. The SMILES string of the molecule is CCCNC(Cc1ccccn1)c1ncc(C)cn1. The first-order valence-corrected chi connectivity index (χ1v) is 6.71. The number of nitrogens with one attached hydrogen (secondary N) is 1. The fraction of sp³-hybridized carbons (Fsp3) is 0.400. The topological polar surface area (TPSA) is 50.7 Å². The Morgan fingerprint density at radius 3 is 2.58 bits per heavy atom. The van der Waals surface area contributed by atoms with Crippen molar-refractivity contribution in [2.75, 3.05) is 6.54 Å². The average Bonchev–Trinajstić information content (AvgIpc) is 2.45. The van der Waals surface area contributed by atoms with E-state index < -0.39 is 0 Å². The highest BCUT2D eigenvalue weighted by Crippen LogP contribution is 2.13. The molecule has 2 rings (SSSR count). The Morgan fingerprint density at radius 1 is 1.16 bits per heavy atom. The quantitative estimate of drug-likeness (QED) is 0.862. The van der Waals surface area contributed by atoms with Crippen molar-refractivity contribution in [3.05, 3.63) is 53.9 Å². The molecule has 1 N–H and O–H groups in total. The third kappa shape index (κ3) is 4.10. The molecule has 0 fully saturated rings. The van der Waals surface area contributed by atoms with Crippen molar-refractivity contribution < 1.29 is 0 Å². The molecule has 0 amide bonds. The normalized spacial score (nSPS) is 12.3. The van der Waals surface area contributed by atoms with Crippen LogP contribution < -0.4 is 5.32 Å². The summed E-state index contributed by atoms with van der Waals surface area (Å²) in [6.45, 7) is 5.10. The Labute approximate surface area is 114 Å². The highest BCUT2D eigenvalue weighted by atomic mass is 15.0. The second-order valence-electron chi connectivity index (χ2n) is 4.65. The molecule has 0 aliphatic carbocycles. The number of hydrogen-bond donors (Lipinski definition) is 1. The molecule has 19 heavy (non-hydrogen) atoms. The van der Waals surface area contributed by atoms with Gasteiger partial charge in [0.2, 0.25) is 0 Å². The van der Waals surface area contributed by atoms with Crippen molar-refractivity contribution in [3.8, 4) is 0 Å². The third-order valence-corrected chi connectivity index (χ3v) is 2.89. The van der Waals surface area contributed by atoms with Crippen molar-refractivity contribution in [2.24, 2.45) is 0 Å². The van der Waals surface area contributed by atoms with Gasteiger partial charge < -0.3 is 5.32 Å². The molecule has 0 aromatic carbocycles. The van der Waals surface area contributed by atoms with E-state index in [-0.39, 0.29) is 6.04 Å². The van der Waals surface area contributed by atoms with Crippen LogP contribution in [0.15, 0.2) is 36.8 Å². The van der Waals surface area contributed by atoms with Crippen LogP contribution in [0.5, 0.6) is 0 Å². The lowest BCUT2D eigenvalue weighted by molar-refractivity contribution is 0.499. The maximum Gasteiger partial charge on any atom is 0.145 e. The number of aromatic nitrogens is 3. The average molecular weight is 256 g/mol. The zero-order valence-electron chi connectivity index (χ0n) is 11.5. The zero-order valence-corrected chi connectivity index (χ0v) is 11.5. The second-order valence-corrected chi connectivity index (χ2v) is 4.65. The van der Waals surface area contributed by atoms with E-state index in [1.54, 1.807) is 0 Å². The molecule has 2 aromatic heterocycles. The number of pyridine rings is 1. The first-order valence-electron chi connectivity index (χ1n) is 6.71. The van der Waals surface area contributed by atoms with Crippen molar-refractivity contribution in [2.45, 2.75) is 32.7 Å². The summed E-state index contributed by atoms with van der Waals surface area (Å²) in [5, 5.41) is 3.49. The van der Waals surface area contributed by atoms with Gasteiger partial charge in [-0.05, 0) is 37.6 Å². The van der Waals surface area contributed by atoms with Crippen molar-refractivity contribution in [1.29, 1.82) is 0 Å². The molecule has 100 valence electrons. The molecule has 2 heterocycles. The van der Waals surface area contributed by atoms with Crippen molar-refractivity contribution >= 4 is 0 Å². The molecule has 1 atom stereocenters. The van der Waals surface area contributed by atoms with Gasteiger partial charge in [-0.25, -0.2) is 9.97 Å². The fourth-order valence-corrected chi connectivity index (χ4v) is 1.88. The zero-order chi connectivity index (χ0) is 13.5. The minimum atomic E-state index is 0.121. The molecule has 0 bridgehead atoms. The summed E-state index contributed by atoms with van der Waals surface area (Å²) in [6, 6.07) is 6.10. The van der Waals surface area contributed by atoms with Gasteiger partial charge in [0, 0.05) is 30.7 Å². The largest absolute Gasteiger partial charge is 0.307 e. The van der Waals surface area contributed by atoms with Crippen molar-refractivity contribution in [3.63, 3.8) is 0 Å². The van der Waals surface area contributed by atoms with Crippen LogP contribution in [0.25, 0.3) is 0 Å². The predicted octanol–water partition coefficient (Wildman–Crippen LogP) is 2.46. The maximum absolute atomic E-state index is 4.43. The molecular formula is C15H20N4. The maximum atomic E-state index is 4.43. The van der Waals surface area contributed by atoms with Gasteiger partial charge in [-0.3, -0.25) is 4.98 Å². The fourth-order valence-electron chi connectivity index (χ4n) is 1.88. The molecule has 0 radical (unpaired) electrons. The monoisotopic (exact) mass is 256 g/mol. The van der Waals surface area contributed by atoms with Gasteiger partial charge in [0.25, 0.3) is 0 Å². The van der Waals surface area contributed by atoms with E-state index >= 15 is 0 Å². The van der Waals surface area contributed by atoms with Crippen LogP contribution in [-0.2, 0) is 6.42 Å². The summed E-state index contributed by atoms with van der Waals surface area (Å²) >= 11 is 0. The summed E-state index contributed by atoms with van der Waals surface area (Å²) in [7, 11) is 0. The van der Waals surface area contributed by atoms with Crippen LogP contribution in [0.3, 0.4) is 0 Å². The third-order valence-electron chi connectivity index (χ3n) is 2.89. The van der Waals surface area contributed by atoms with Crippen LogP contribution in [0.1, 0.15) is 36.5 Å². The Morgan fingerprint density at radius 2 is 1.95 bits per heavy atom. The van der Waals surface area contributed by atoms with E-state index in [2.05, 4.69) is 27.2 Å². The predicted molar refractivity (Wildman–Crippen MR) is 75.7 cm³/mol. The number of hydrogen-bond acceptors (Lipinski definition) is 4. The lowest BCUT2D eigenvalue weighted by Crippen LogP contribution is -2.26. The summed E-state index contributed by atoms with van der Waals surface area (Å²) in [4.78, 5) is 13.2. The smallest absolute Gasteiger partial charge is 0.145 e. The molecule has 0 aliphatic heterocycles. The Kier molecular flexibility index (Phi) is 4.98. The lowest BCUT2D eigenvalue weighted by Gasteiger charge is -2.16. The first kappa shape index (κ1) is 13.6. The van der Waals surface area contributed by atoms with Crippen LogP contribution in [0.2, 0.25) is 0 Å². The van der Waals surface area contributed by atoms with Crippen LogP contribution in [0.4, 0.5) is 0 Å². The molecule has 0 aliphatic rings. The summed E-state index contributed by atoms with van der Waals surface area (Å²) in [5.41, 5.74) is 2.14. The molecule has 4 nitrogen and oxygen atoms in total. The Bertz CT molecular complexity index is 481. The summed E-state index contributed by atoms with van der Waals surface area (Å²) in [5.74, 6) is 0.838. The van der Waals surface area contributed by atoms with E-state index in [1.165, 1.54) is 0 Å². The minimum Gasteiger partial charge on any atom is -0.307 e. The Balaban J connectivity index is 2.13. The molecule has 0 spiro atoms. The van der Waals surface area contributed by atoms with Gasteiger partial charge in [0.15, 0.2) is 0 Å². The van der Waals surface area contributed by atoms with Gasteiger partial charge in [-0.15, -0.1) is 0 Å².